The van der Waals surface area contributed by atoms with E-state index >= 15 is 0 Å². The number of benzene rings is 1. The molecule has 132 valence electrons. The highest BCUT2D eigenvalue weighted by atomic mass is 16.6. The van der Waals surface area contributed by atoms with Gasteiger partial charge in [-0.05, 0) is 25.5 Å². The molecule has 2 atom stereocenters. The molecule has 0 saturated carbocycles. The van der Waals surface area contributed by atoms with E-state index in [2.05, 4.69) is 10.5 Å². The average Bonchev–Trinajstić information content (AvgIpc) is 3.10. The number of hydrogen-bond donors (Lipinski definition) is 1. The van der Waals surface area contributed by atoms with Crippen LogP contribution in [0.5, 0.6) is 17.2 Å². The van der Waals surface area contributed by atoms with E-state index in [0.717, 1.165) is 12.0 Å². The fourth-order valence-corrected chi connectivity index (χ4v) is 2.37. The molecule has 7 heteroatoms. The summed E-state index contributed by atoms with van der Waals surface area (Å²) in [5.41, 5.74) is 1.43. The van der Waals surface area contributed by atoms with Gasteiger partial charge in [-0.1, -0.05) is 12.1 Å². The van der Waals surface area contributed by atoms with Gasteiger partial charge in [-0.2, -0.15) is 0 Å². The van der Waals surface area contributed by atoms with E-state index in [9.17, 15) is 4.79 Å². The van der Waals surface area contributed by atoms with Gasteiger partial charge in [0.1, 0.15) is 0 Å². The van der Waals surface area contributed by atoms with Gasteiger partial charge in [0, 0.05) is 18.0 Å². The van der Waals surface area contributed by atoms with Crippen LogP contribution in [0.2, 0.25) is 0 Å². The number of rotatable bonds is 7. The normalized spacial score (nSPS) is 17.5. The van der Waals surface area contributed by atoms with Crippen LogP contribution in [0.25, 0.3) is 0 Å². The maximum absolute atomic E-state index is 12.2. The molecule has 0 aliphatic carbocycles. The quantitative estimate of drug-likeness (QED) is 0.825. The Balaban J connectivity index is 2.17. The van der Waals surface area contributed by atoms with Crippen LogP contribution in [0, 0.1) is 0 Å². The Hall–Kier alpha value is -2.44. The summed E-state index contributed by atoms with van der Waals surface area (Å²) in [5, 5.41) is 6.95. The van der Waals surface area contributed by atoms with E-state index in [1.165, 1.54) is 0 Å². The first kappa shape index (κ1) is 17.9. The van der Waals surface area contributed by atoms with Crippen molar-refractivity contribution in [2.24, 2.45) is 5.16 Å². The van der Waals surface area contributed by atoms with Gasteiger partial charge in [-0.3, -0.25) is 4.79 Å². The summed E-state index contributed by atoms with van der Waals surface area (Å²) in [6, 6.07) is 3.68. The molecule has 0 aromatic heterocycles. The average molecular weight is 336 g/mol. The number of amides is 1. The topological polar surface area (TPSA) is 78.4 Å². The van der Waals surface area contributed by atoms with Crippen molar-refractivity contribution in [1.82, 2.24) is 5.32 Å². The Morgan fingerprint density at radius 2 is 1.92 bits per heavy atom. The van der Waals surface area contributed by atoms with E-state index in [1.807, 2.05) is 13.8 Å². The zero-order valence-corrected chi connectivity index (χ0v) is 14.7. The Kier molecular flexibility index (Phi) is 5.89. The number of nitrogens with one attached hydrogen (secondary N) is 1. The third-order valence-corrected chi connectivity index (χ3v) is 3.96. The van der Waals surface area contributed by atoms with Gasteiger partial charge in [0.05, 0.1) is 27.0 Å². The Bertz CT molecular complexity index is 604. The monoisotopic (exact) mass is 336 g/mol. The molecule has 0 fully saturated rings. The highest BCUT2D eigenvalue weighted by Crippen LogP contribution is 2.39. The lowest BCUT2D eigenvalue weighted by molar-refractivity contribution is -0.131. The minimum atomic E-state index is -0.618. The van der Waals surface area contributed by atoms with E-state index in [4.69, 9.17) is 19.0 Å². The molecule has 0 spiro atoms. The van der Waals surface area contributed by atoms with Gasteiger partial charge in [0.2, 0.25) is 11.9 Å². The lowest BCUT2D eigenvalue weighted by atomic mass is 10.0. The standard InChI is InChI=1S/C17H24N2O5/c1-6-10(2)18-17(20)15-9-12(19-24-15)11-7-13(21-3)16(23-5)14(8-11)22-4/h7-8,10,15H,6,9H2,1-5H3,(H,18,20)/t10-,15+/m0/s1. The second-order valence-corrected chi connectivity index (χ2v) is 5.57. The van der Waals surface area contributed by atoms with Crippen molar-refractivity contribution in [2.45, 2.75) is 38.8 Å². The molecule has 0 unspecified atom stereocenters. The van der Waals surface area contributed by atoms with Crippen molar-refractivity contribution in [2.75, 3.05) is 21.3 Å². The van der Waals surface area contributed by atoms with E-state index in [0.29, 0.717) is 29.4 Å². The lowest BCUT2D eigenvalue weighted by Crippen LogP contribution is -2.39. The fraction of sp³-hybridized carbons (Fsp3) is 0.529. The molecular formula is C17H24N2O5. The molecule has 0 bridgehead atoms. The first-order valence-electron chi connectivity index (χ1n) is 7.87. The van der Waals surface area contributed by atoms with Crippen molar-refractivity contribution in [3.63, 3.8) is 0 Å². The molecule has 2 rings (SSSR count). The van der Waals surface area contributed by atoms with Crippen LogP contribution < -0.4 is 19.5 Å². The first-order chi connectivity index (χ1) is 11.5. The number of nitrogens with zero attached hydrogens (tertiary/aromatic N) is 1. The SMILES string of the molecule is CC[C@H](C)NC(=O)[C@H]1CC(c2cc(OC)c(OC)c(OC)c2)=NO1. The predicted octanol–water partition coefficient (Wildman–Crippen LogP) is 2.12. The molecule has 7 nitrogen and oxygen atoms in total. The van der Waals surface area contributed by atoms with E-state index < -0.39 is 6.10 Å². The highest BCUT2D eigenvalue weighted by Gasteiger charge is 2.30. The summed E-state index contributed by atoms with van der Waals surface area (Å²) < 4.78 is 16.0. The van der Waals surface area contributed by atoms with Gasteiger partial charge in [0.15, 0.2) is 11.5 Å². The maximum Gasteiger partial charge on any atom is 0.264 e. The maximum atomic E-state index is 12.2. The number of carbonyl (C=O) groups is 1. The molecule has 0 radical (unpaired) electrons. The number of ether oxygens (including phenoxy) is 3. The second-order valence-electron chi connectivity index (χ2n) is 5.57. The molecule has 1 amide bonds. The van der Waals surface area contributed by atoms with Gasteiger partial charge in [-0.25, -0.2) is 0 Å². The van der Waals surface area contributed by atoms with Gasteiger partial charge in [0.25, 0.3) is 5.91 Å². The van der Waals surface area contributed by atoms with Crippen LogP contribution in [0.15, 0.2) is 17.3 Å². The summed E-state index contributed by atoms with van der Waals surface area (Å²) in [6.45, 7) is 3.96. The van der Waals surface area contributed by atoms with Crippen molar-refractivity contribution in [1.29, 1.82) is 0 Å². The van der Waals surface area contributed by atoms with Crippen LogP contribution in [0.3, 0.4) is 0 Å². The highest BCUT2D eigenvalue weighted by molar-refractivity contribution is 6.04. The zero-order valence-electron chi connectivity index (χ0n) is 14.7. The summed E-state index contributed by atoms with van der Waals surface area (Å²) >= 11 is 0. The summed E-state index contributed by atoms with van der Waals surface area (Å²) in [7, 11) is 4.65. The number of hydrogen-bond acceptors (Lipinski definition) is 6. The van der Waals surface area contributed by atoms with Gasteiger partial charge >= 0.3 is 0 Å². The lowest BCUT2D eigenvalue weighted by Gasteiger charge is -2.15. The minimum Gasteiger partial charge on any atom is -0.493 e. The molecule has 1 aromatic carbocycles. The molecule has 1 aromatic rings. The Labute approximate surface area is 141 Å². The van der Waals surface area contributed by atoms with Crippen molar-refractivity contribution in [3.05, 3.63) is 17.7 Å². The Morgan fingerprint density at radius 3 is 2.42 bits per heavy atom. The summed E-state index contributed by atoms with van der Waals surface area (Å²) in [6.07, 6.45) is 0.632. The number of oxime groups is 1. The van der Waals surface area contributed by atoms with Crippen LogP contribution >= 0.6 is 0 Å². The van der Waals surface area contributed by atoms with Crippen LogP contribution in [-0.4, -0.2) is 45.1 Å². The van der Waals surface area contributed by atoms with Crippen LogP contribution in [0.1, 0.15) is 32.3 Å². The molecule has 1 N–H and O–H groups in total. The van der Waals surface area contributed by atoms with Gasteiger partial charge < -0.3 is 24.4 Å². The molecule has 1 aliphatic heterocycles. The van der Waals surface area contributed by atoms with Crippen LogP contribution in [-0.2, 0) is 9.63 Å². The largest absolute Gasteiger partial charge is 0.493 e. The van der Waals surface area contributed by atoms with Crippen molar-refractivity contribution >= 4 is 11.6 Å². The van der Waals surface area contributed by atoms with E-state index in [-0.39, 0.29) is 11.9 Å². The van der Waals surface area contributed by atoms with Crippen molar-refractivity contribution < 1.29 is 23.8 Å². The third-order valence-electron chi connectivity index (χ3n) is 3.96. The summed E-state index contributed by atoms with van der Waals surface area (Å²) in [4.78, 5) is 17.5. The fourth-order valence-electron chi connectivity index (χ4n) is 2.37. The molecule has 0 saturated heterocycles. The molecule has 1 heterocycles. The third kappa shape index (κ3) is 3.72. The number of carbonyl (C=O) groups excluding carboxylic acids is 1. The van der Waals surface area contributed by atoms with E-state index in [1.54, 1.807) is 33.5 Å². The number of methoxy groups -OCH3 is 3. The Morgan fingerprint density at radius 1 is 1.29 bits per heavy atom. The predicted molar refractivity (Wildman–Crippen MR) is 90.0 cm³/mol. The minimum absolute atomic E-state index is 0.103. The zero-order chi connectivity index (χ0) is 17.7. The molecule has 1 aliphatic rings. The van der Waals surface area contributed by atoms with Gasteiger partial charge in [-0.15, -0.1) is 0 Å². The molecule has 24 heavy (non-hydrogen) atoms. The first-order valence-corrected chi connectivity index (χ1v) is 7.87. The smallest absolute Gasteiger partial charge is 0.264 e. The summed E-state index contributed by atoms with van der Waals surface area (Å²) in [5.74, 6) is 1.41. The van der Waals surface area contributed by atoms with Crippen LogP contribution in [0.4, 0.5) is 0 Å². The second kappa shape index (κ2) is 7.90. The molecular weight excluding hydrogens is 312 g/mol. The van der Waals surface area contributed by atoms with Crippen molar-refractivity contribution in [3.8, 4) is 17.2 Å².